The number of hydrogen-bond acceptors (Lipinski definition) is 5. The number of nitrogens with one attached hydrogen (secondary N) is 1. The van der Waals surface area contributed by atoms with Gasteiger partial charge in [0.1, 0.15) is 11.5 Å². The molecule has 0 radical (unpaired) electrons. The summed E-state index contributed by atoms with van der Waals surface area (Å²) in [6.07, 6.45) is 3.56. The molecule has 0 saturated carbocycles. The zero-order valence-electron chi connectivity index (χ0n) is 15.8. The molecule has 0 bridgehead atoms. The fourth-order valence-corrected chi connectivity index (χ4v) is 4.11. The highest BCUT2D eigenvalue weighted by atomic mass is 16.2. The molecule has 0 spiro atoms. The van der Waals surface area contributed by atoms with Crippen molar-refractivity contribution in [3.05, 3.63) is 36.7 Å². The third kappa shape index (κ3) is 3.09. The molecule has 1 amide bonds. The second-order valence-corrected chi connectivity index (χ2v) is 7.28. The van der Waals surface area contributed by atoms with Gasteiger partial charge in [-0.2, -0.15) is 0 Å². The fraction of sp³-hybridized carbons (Fsp3) is 0.350. The Morgan fingerprint density at radius 3 is 2.70 bits per heavy atom. The van der Waals surface area contributed by atoms with Gasteiger partial charge >= 0.3 is 0 Å². The van der Waals surface area contributed by atoms with Crippen LogP contribution in [0.4, 0.5) is 11.5 Å². The van der Waals surface area contributed by atoms with Crippen LogP contribution in [-0.2, 0) is 4.79 Å². The standard InChI is InChI=1S/C20H24N6O/c1-12-10-25(11-13(2)26(12)14(3)27)19-6-4-5-18(24-19)17-9-23-20-16(17)7-15(21)8-22-20/h4-9,12-13H,10-11,21H2,1-3H3,(H,22,23)/t12-,13+. The summed E-state index contributed by atoms with van der Waals surface area (Å²) in [4.78, 5) is 28.5. The van der Waals surface area contributed by atoms with E-state index in [1.54, 1.807) is 13.1 Å². The summed E-state index contributed by atoms with van der Waals surface area (Å²) in [6.45, 7) is 7.34. The highest BCUT2D eigenvalue weighted by Crippen LogP contribution is 2.29. The first-order chi connectivity index (χ1) is 12.9. The van der Waals surface area contributed by atoms with Crippen molar-refractivity contribution in [3.63, 3.8) is 0 Å². The Labute approximate surface area is 158 Å². The van der Waals surface area contributed by atoms with Gasteiger partial charge in [-0.15, -0.1) is 0 Å². The normalized spacial score (nSPS) is 20.3. The molecule has 2 atom stereocenters. The zero-order chi connectivity index (χ0) is 19.1. The maximum atomic E-state index is 11.9. The first-order valence-electron chi connectivity index (χ1n) is 9.18. The molecule has 140 valence electrons. The van der Waals surface area contributed by atoms with Gasteiger partial charge in [0.05, 0.1) is 17.6 Å². The molecule has 0 unspecified atom stereocenters. The molecule has 4 rings (SSSR count). The molecule has 1 aliphatic heterocycles. The van der Waals surface area contributed by atoms with Crippen molar-refractivity contribution in [2.75, 3.05) is 23.7 Å². The van der Waals surface area contributed by atoms with Crippen LogP contribution in [0.1, 0.15) is 20.8 Å². The number of hydrogen-bond donors (Lipinski definition) is 2. The van der Waals surface area contributed by atoms with Crippen LogP contribution in [0.25, 0.3) is 22.3 Å². The number of piperazine rings is 1. The van der Waals surface area contributed by atoms with Crippen LogP contribution in [0.5, 0.6) is 0 Å². The highest BCUT2D eigenvalue weighted by molar-refractivity contribution is 5.94. The third-order valence-corrected chi connectivity index (χ3v) is 5.17. The van der Waals surface area contributed by atoms with E-state index in [4.69, 9.17) is 10.7 Å². The SMILES string of the molecule is CC(=O)N1[C@H](C)CN(c2cccc(-c3c[nH]c4ncc(N)cc34)n2)C[C@@H]1C. The Bertz CT molecular complexity index is 985. The van der Waals surface area contributed by atoms with E-state index in [-0.39, 0.29) is 18.0 Å². The summed E-state index contributed by atoms with van der Waals surface area (Å²) in [5, 5.41) is 0.961. The molecule has 4 heterocycles. The van der Waals surface area contributed by atoms with Crippen molar-refractivity contribution in [1.29, 1.82) is 0 Å². The van der Waals surface area contributed by atoms with Crippen molar-refractivity contribution in [2.24, 2.45) is 0 Å². The van der Waals surface area contributed by atoms with Gasteiger partial charge in [0.15, 0.2) is 0 Å². The van der Waals surface area contributed by atoms with E-state index in [0.29, 0.717) is 5.69 Å². The summed E-state index contributed by atoms with van der Waals surface area (Å²) in [5.74, 6) is 1.04. The minimum Gasteiger partial charge on any atom is -0.397 e. The Morgan fingerprint density at radius 1 is 1.26 bits per heavy atom. The number of aromatic nitrogens is 3. The molecule has 7 nitrogen and oxygen atoms in total. The molecule has 3 N–H and O–H groups in total. The van der Waals surface area contributed by atoms with Gasteiger partial charge in [-0.3, -0.25) is 4.79 Å². The van der Waals surface area contributed by atoms with Crippen LogP contribution in [0.2, 0.25) is 0 Å². The van der Waals surface area contributed by atoms with Crippen LogP contribution in [0, 0.1) is 0 Å². The van der Waals surface area contributed by atoms with Crippen LogP contribution in [-0.4, -0.2) is 50.9 Å². The summed E-state index contributed by atoms with van der Waals surface area (Å²) in [6, 6.07) is 8.24. The van der Waals surface area contributed by atoms with Crippen LogP contribution in [0.15, 0.2) is 36.7 Å². The summed E-state index contributed by atoms with van der Waals surface area (Å²) in [5.41, 5.74) is 9.19. The van der Waals surface area contributed by atoms with Gasteiger partial charge in [0, 0.05) is 49.2 Å². The maximum Gasteiger partial charge on any atom is 0.220 e. The minimum atomic E-state index is 0.125. The zero-order valence-corrected chi connectivity index (χ0v) is 15.8. The van der Waals surface area contributed by atoms with Crippen LogP contribution >= 0.6 is 0 Å². The van der Waals surface area contributed by atoms with Gasteiger partial charge in [-0.1, -0.05) is 6.07 Å². The lowest BCUT2D eigenvalue weighted by atomic mass is 10.1. The molecule has 1 saturated heterocycles. The van der Waals surface area contributed by atoms with Crippen LogP contribution in [0.3, 0.4) is 0 Å². The van der Waals surface area contributed by atoms with E-state index in [2.05, 4.69) is 28.7 Å². The lowest BCUT2D eigenvalue weighted by Gasteiger charge is -2.44. The summed E-state index contributed by atoms with van der Waals surface area (Å²) >= 11 is 0. The first kappa shape index (κ1) is 17.3. The number of nitrogens with two attached hydrogens (primary N) is 1. The number of nitrogens with zero attached hydrogens (tertiary/aromatic N) is 4. The van der Waals surface area contributed by atoms with Gasteiger partial charge in [0.2, 0.25) is 5.91 Å². The number of aromatic amines is 1. The number of H-pyrrole nitrogens is 1. The third-order valence-electron chi connectivity index (χ3n) is 5.17. The molecule has 1 fully saturated rings. The van der Waals surface area contributed by atoms with Gasteiger partial charge in [-0.05, 0) is 32.0 Å². The Kier molecular flexibility index (Phi) is 4.22. The predicted molar refractivity (Wildman–Crippen MR) is 107 cm³/mol. The lowest BCUT2D eigenvalue weighted by Crippen LogP contribution is -2.58. The van der Waals surface area contributed by atoms with Crippen molar-refractivity contribution >= 4 is 28.4 Å². The highest BCUT2D eigenvalue weighted by Gasteiger charge is 2.31. The lowest BCUT2D eigenvalue weighted by molar-refractivity contribution is -0.133. The quantitative estimate of drug-likeness (QED) is 0.729. The fourth-order valence-electron chi connectivity index (χ4n) is 4.11. The average molecular weight is 364 g/mol. The Morgan fingerprint density at radius 2 is 2.00 bits per heavy atom. The molecule has 3 aromatic rings. The molecule has 0 aromatic carbocycles. The number of carbonyl (C=O) groups excluding carboxylic acids is 1. The largest absolute Gasteiger partial charge is 0.397 e. The van der Waals surface area contributed by atoms with Gasteiger partial charge < -0.3 is 20.5 Å². The number of fused-ring (bicyclic) bond motifs is 1. The van der Waals surface area contributed by atoms with E-state index in [9.17, 15) is 4.79 Å². The molecule has 3 aromatic heterocycles. The predicted octanol–water partition coefficient (Wildman–Crippen LogP) is 2.65. The first-order valence-corrected chi connectivity index (χ1v) is 9.18. The number of rotatable bonds is 2. The summed E-state index contributed by atoms with van der Waals surface area (Å²) < 4.78 is 0. The number of carbonyl (C=O) groups is 1. The van der Waals surface area contributed by atoms with E-state index in [1.807, 2.05) is 35.4 Å². The molecular weight excluding hydrogens is 340 g/mol. The van der Waals surface area contributed by atoms with E-state index in [0.717, 1.165) is 41.2 Å². The average Bonchev–Trinajstić information content (AvgIpc) is 3.04. The minimum absolute atomic E-state index is 0.125. The van der Waals surface area contributed by atoms with E-state index < -0.39 is 0 Å². The smallest absolute Gasteiger partial charge is 0.220 e. The Balaban J connectivity index is 1.67. The number of amides is 1. The molecule has 0 aliphatic carbocycles. The summed E-state index contributed by atoms with van der Waals surface area (Å²) in [7, 11) is 0. The topological polar surface area (TPSA) is 91.1 Å². The second-order valence-electron chi connectivity index (χ2n) is 7.28. The van der Waals surface area contributed by atoms with Gasteiger partial charge in [-0.25, -0.2) is 9.97 Å². The van der Waals surface area contributed by atoms with Crippen molar-refractivity contribution < 1.29 is 4.79 Å². The second kappa shape index (κ2) is 6.57. The van der Waals surface area contributed by atoms with E-state index >= 15 is 0 Å². The molecular formula is C20H24N6O. The number of nitrogen functional groups attached to an aromatic ring is 1. The van der Waals surface area contributed by atoms with Crippen molar-refractivity contribution in [3.8, 4) is 11.3 Å². The monoisotopic (exact) mass is 364 g/mol. The van der Waals surface area contributed by atoms with Crippen molar-refractivity contribution in [2.45, 2.75) is 32.9 Å². The maximum absolute atomic E-state index is 11.9. The molecule has 27 heavy (non-hydrogen) atoms. The van der Waals surface area contributed by atoms with Gasteiger partial charge in [0.25, 0.3) is 0 Å². The van der Waals surface area contributed by atoms with Crippen LogP contribution < -0.4 is 10.6 Å². The molecule has 7 heteroatoms. The molecule has 1 aliphatic rings. The Hall–Kier alpha value is -3.09. The van der Waals surface area contributed by atoms with E-state index in [1.165, 1.54) is 0 Å². The van der Waals surface area contributed by atoms with Crippen molar-refractivity contribution in [1.82, 2.24) is 19.9 Å². The number of anilines is 2. The number of pyridine rings is 2.